The summed E-state index contributed by atoms with van der Waals surface area (Å²) in [6.07, 6.45) is 0.303. The van der Waals surface area contributed by atoms with Crippen LogP contribution >= 0.6 is 0 Å². The summed E-state index contributed by atoms with van der Waals surface area (Å²) in [6, 6.07) is 53.0. The number of para-hydroxylation sites is 2. The van der Waals surface area contributed by atoms with Crippen molar-refractivity contribution in [3.05, 3.63) is 186 Å². The number of hydrogen-bond acceptors (Lipinski definition) is 3. The normalized spacial score (nSPS) is 15.5. The SMILES string of the molecule is [2H]C([2H])([2H])c1c[c-]c(-c2cc(C([2H])([2H])C(C)(C)C)[c]([Ge]([CH3])([CH3])[CH3])cn2)cc1.[Ir].[c-]1ccc2c(oc3ccccc32)c1C1=Nc2ccccc2C1c1ccccc1-c1ccccc1. The Labute approximate surface area is 361 Å². The molecule has 9 rings (SSSR count). The molecule has 6 aromatic carbocycles. The van der Waals surface area contributed by atoms with Crippen LogP contribution in [0.2, 0.25) is 17.3 Å². The summed E-state index contributed by atoms with van der Waals surface area (Å²) < 4.78 is 47.5. The number of pyridine rings is 1. The second kappa shape index (κ2) is 16.5. The number of benzene rings is 6. The predicted octanol–water partition coefficient (Wildman–Crippen LogP) is 13.3. The van der Waals surface area contributed by atoms with E-state index in [1.165, 1.54) is 28.3 Å². The molecule has 1 atom stereocenters. The van der Waals surface area contributed by atoms with E-state index in [9.17, 15) is 0 Å². The van der Waals surface area contributed by atoms with Crippen LogP contribution < -0.4 is 4.40 Å². The molecule has 3 nitrogen and oxygen atoms in total. The molecule has 8 aromatic rings. The summed E-state index contributed by atoms with van der Waals surface area (Å²) in [7, 11) is 0. The van der Waals surface area contributed by atoms with E-state index >= 15 is 0 Å². The topological polar surface area (TPSA) is 38.4 Å². The Hall–Kier alpha value is -4.87. The van der Waals surface area contributed by atoms with Crippen molar-refractivity contribution < 1.29 is 31.4 Å². The Bertz CT molecular complexity index is 2910. The second-order valence-electron chi connectivity index (χ2n) is 16.4. The molecule has 0 N–H and O–H groups in total. The number of furan rings is 1. The predicted molar refractivity (Wildman–Crippen MR) is 238 cm³/mol. The first-order valence-electron chi connectivity index (χ1n) is 21.6. The maximum atomic E-state index is 8.80. The first-order valence-corrected chi connectivity index (χ1v) is 26.5. The molecule has 0 bridgehead atoms. The first-order chi connectivity index (χ1) is 28.9. The van der Waals surface area contributed by atoms with Gasteiger partial charge >= 0.3 is 145 Å². The van der Waals surface area contributed by atoms with Gasteiger partial charge in [0.15, 0.2) is 0 Å². The molecule has 0 saturated carbocycles. The van der Waals surface area contributed by atoms with E-state index in [0.717, 1.165) is 43.3 Å². The zero-order valence-electron chi connectivity index (χ0n) is 38.1. The maximum absolute atomic E-state index is 8.80. The average molecular weight is 987 g/mol. The van der Waals surface area contributed by atoms with Crippen molar-refractivity contribution in [3.8, 4) is 22.4 Å². The van der Waals surface area contributed by atoms with Crippen LogP contribution in [0.1, 0.15) is 61.4 Å². The van der Waals surface area contributed by atoms with Gasteiger partial charge in [0.05, 0.1) is 11.3 Å². The summed E-state index contributed by atoms with van der Waals surface area (Å²) in [5, 5.41) is 2.21. The minimum atomic E-state index is -2.36. The smallest absolute Gasteiger partial charge is 0.120 e. The molecule has 0 saturated heterocycles. The zero-order chi connectivity index (χ0) is 43.3. The van der Waals surface area contributed by atoms with Gasteiger partial charge in [-0.05, 0) is 40.1 Å². The van der Waals surface area contributed by atoms with E-state index < -0.39 is 31.9 Å². The molecule has 0 fully saturated rings. The molecule has 1 unspecified atom stereocenters. The van der Waals surface area contributed by atoms with E-state index in [1.807, 2.05) is 51.2 Å². The third-order valence-electron chi connectivity index (χ3n) is 10.0. The van der Waals surface area contributed by atoms with Gasteiger partial charge in [0.2, 0.25) is 0 Å². The van der Waals surface area contributed by atoms with Crippen LogP contribution in [0.3, 0.4) is 0 Å². The molecular formula is C52H48GeIrN2O-2. The molecule has 1 radical (unpaired) electrons. The third kappa shape index (κ3) is 8.55. The van der Waals surface area contributed by atoms with Crippen molar-refractivity contribution >= 4 is 51.0 Å². The van der Waals surface area contributed by atoms with Crippen LogP contribution in [-0.4, -0.2) is 24.0 Å². The maximum Gasteiger partial charge on any atom is 0.120 e. The molecule has 2 aromatic heterocycles. The van der Waals surface area contributed by atoms with Gasteiger partial charge in [-0.2, -0.15) is 0 Å². The van der Waals surface area contributed by atoms with Gasteiger partial charge in [-0.3, -0.25) is 4.99 Å². The molecule has 1 aliphatic rings. The van der Waals surface area contributed by atoms with Gasteiger partial charge in [-0.25, -0.2) is 0 Å². The average Bonchev–Trinajstić information content (AvgIpc) is 3.82. The van der Waals surface area contributed by atoms with E-state index in [2.05, 4.69) is 131 Å². The van der Waals surface area contributed by atoms with Crippen LogP contribution in [0.25, 0.3) is 44.3 Å². The van der Waals surface area contributed by atoms with Gasteiger partial charge in [0, 0.05) is 31.4 Å². The molecule has 0 aliphatic carbocycles. The molecule has 0 spiro atoms. The van der Waals surface area contributed by atoms with Crippen molar-refractivity contribution in [1.82, 2.24) is 4.98 Å². The van der Waals surface area contributed by atoms with Crippen molar-refractivity contribution in [2.45, 2.75) is 57.2 Å². The number of aryl methyl sites for hydroxylation is 1. The third-order valence-corrected chi connectivity index (χ3v) is 14.3. The van der Waals surface area contributed by atoms with Crippen LogP contribution in [0.4, 0.5) is 5.69 Å². The van der Waals surface area contributed by atoms with E-state index in [0.29, 0.717) is 16.8 Å². The van der Waals surface area contributed by atoms with E-state index in [1.54, 1.807) is 12.1 Å². The quantitative estimate of drug-likeness (QED) is 0.123. The number of hydrogen-bond donors (Lipinski definition) is 0. The largest absolute Gasteiger partial charge is 0.501 e. The Morgan fingerprint density at radius 1 is 0.789 bits per heavy atom. The number of rotatable bonds is 6. The van der Waals surface area contributed by atoms with Gasteiger partial charge < -0.3 is 4.42 Å². The summed E-state index contributed by atoms with van der Waals surface area (Å²) >= 11 is -2.36. The van der Waals surface area contributed by atoms with Crippen LogP contribution in [0.5, 0.6) is 0 Å². The molecule has 1 aliphatic heterocycles. The fourth-order valence-electron chi connectivity index (χ4n) is 7.49. The first kappa shape index (κ1) is 34.2. The molecule has 3 heterocycles. The number of aromatic nitrogens is 1. The minimum Gasteiger partial charge on any atom is -0.501 e. The van der Waals surface area contributed by atoms with Crippen LogP contribution in [-0.2, 0) is 26.5 Å². The summed E-state index contributed by atoms with van der Waals surface area (Å²) in [5.41, 5.74) is 11.2. The van der Waals surface area contributed by atoms with E-state index in [-0.39, 0.29) is 31.6 Å². The van der Waals surface area contributed by atoms with Crippen molar-refractivity contribution in [2.75, 3.05) is 0 Å². The molecule has 57 heavy (non-hydrogen) atoms. The Morgan fingerprint density at radius 2 is 1.51 bits per heavy atom. The fraction of sp³-hybridized carbons (Fsp3) is 0.192. The van der Waals surface area contributed by atoms with Gasteiger partial charge in [0.1, 0.15) is 5.58 Å². The van der Waals surface area contributed by atoms with Crippen molar-refractivity contribution in [3.63, 3.8) is 0 Å². The molecule has 287 valence electrons. The summed E-state index contributed by atoms with van der Waals surface area (Å²) in [6.45, 7) is 3.55. The van der Waals surface area contributed by atoms with Crippen LogP contribution in [0, 0.1) is 24.4 Å². The molecular weight excluding hydrogens is 933 g/mol. The Morgan fingerprint density at radius 3 is 2.25 bits per heavy atom. The number of nitrogens with zero attached hydrogens (tertiary/aromatic N) is 2. The number of fused-ring (bicyclic) bond motifs is 4. The van der Waals surface area contributed by atoms with Crippen molar-refractivity contribution in [2.24, 2.45) is 10.4 Å². The summed E-state index contributed by atoms with van der Waals surface area (Å²) in [5.74, 6) is 6.69. The Balaban J connectivity index is 0.000000189. The zero-order valence-corrected chi connectivity index (χ0v) is 37.6. The van der Waals surface area contributed by atoms with Gasteiger partial charge in [-0.15, -0.1) is 18.2 Å². The van der Waals surface area contributed by atoms with Crippen LogP contribution in [0.15, 0.2) is 155 Å². The monoisotopic (exact) mass is 988 g/mol. The van der Waals surface area contributed by atoms with Gasteiger partial charge in [-0.1, -0.05) is 102 Å². The molecule has 0 amide bonds. The summed E-state index contributed by atoms with van der Waals surface area (Å²) in [4.78, 5) is 9.73. The van der Waals surface area contributed by atoms with Crippen molar-refractivity contribution in [1.29, 1.82) is 0 Å². The van der Waals surface area contributed by atoms with Gasteiger partial charge in [0.25, 0.3) is 0 Å². The minimum absolute atomic E-state index is 0. The Kier molecular flexibility index (Phi) is 9.93. The second-order valence-corrected chi connectivity index (χ2v) is 26.9. The van der Waals surface area contributed by atoms with E-state index in [4.69, 9.17) is 16.3 Å². The fourth-order valence-corrected chi connectivity index (χ4v) is 10.4. The molecule has 5 heteroatoms. The number of aliphatic imine (C=N–C) groups is 1. The standard InChI is InChI=1S/C32H20NO.C20H28GeN.Ir/c1-2-11-21(12-3-1)22-13-4-5-15-24(22)30-26-16-6-8-19-28(26)33-31(30)27-18-10-17-25-23-14-7-9-20-29(23)34-32(25)27;1-15-8-10-16(11-9-15)19-12-17(13-20(2,3)4)18(14-22-19)21(5,6)7;/h1-17,19-20,30H;8-10,12,14H,13H2,1-7H3;/q2*-1;/i;1D3,13D2;.